The molecule has 0 spiro atoms. The zero-order valence-corrected chi connectivity index (χ0v) is 20.2. The van der Waals surface area contributed by atoms with Gasteiger partial charge in [0.25, 0.3) is 11.7 Å². The fraction of sp³-hybridized carbons (Fsp3) is 0.360. The third-order valence-electron chi connectivity index (χ3n) is 5.32. The molecule has 2 aromatic carbocycles. The van der Waals surface area contributed by atoms with Gasteiger partial charge in [-0.3, -0.25) is 9.59 Å². The van der Waals surface area contributed by atoms with Crippen molar-refractivity contribution in [3.05, 3.63) is 64.2 Å². The summed E-state index contributed by atoms with van der Waals surface area (Å²) in [4.78, 5) is 29.5. The van der Waals surface area contributed by atoms with Crippen molar-refractivity contribution in [2.45, 2.75) is 26.0 Å². The molecule has 2 aromatic rings. The number of aliphatic hydroxyl groups is 1. The zero-order valence-electron chi connectivity index (χ0n) is 19.5. The van der Waals surface area contributed by atoms with Gasteiger partial charge in [0.1, 0.15) is 17.3 Å². The van der Waals surface area contributed by atoms with Crippen LogP contribution in [0.3, 0.4) is 0 Å². The second-order valence-corrected chi connectivity index (χ2v) is 8.79. The van der Waals surface area contributed by atoms with Gasteiger partial charge in [-0.2, -0.15) is 0 Å². The van der Waals surface area contributed by atoms with Gasteiger partial charge in [0, 0.05) is 18.7 Å². The molecule has 33 heavy (non-hydrogen) atoms. The van der Waals surface area contributed by atoms with Crippen molar-refractivity contribution < 1.29 is 24.2 Å². The van der Waals surface area contributed by atoms with Gasteiger partial charge in [-0.1, -0.05) is 23.7 Å². The Bertz CT molecular complexity index is 1060. The van der Waals surface area contributed by atoms with E-state index in [2.05, 4.69) is 0 Å². The Morgan fingerprint density at radius 2 is 1.82 bits per heavy atom. The Hall–Kier alpha value is -3.03. The Balaban J connectivity index is 2.12. The maximum absolute atomic E-state index is 13.1. The fourth-order valence-electron chi connectivity index (χ4n) is 3.73. The number of carbonyl (C=O) groups excluding carboxylic acids is 2. The number of benzene rings is 2. The second kappa shape index (κ2) is 10.3. The number of amides is 1. The van der Waals surface area contributed by atoms with E-state index in [1.165, 1.54) is 12.0 Å². The van der Waals surface area contributed by atoms with Crippen LogP contribution < -0.4 is 9.47 Å². The maximum atomic E-state index is 13.1. The average molecular weight is 473 g/mol. The Morgan fingerprint density at radius 1 is 1.15 bits per heavy atom. The number of nitrogens with zero attached hydrogens (tertiary/aromatic N) is 2. The first-order chi connectivity index (χ1) is 15.6. The molecule has 1 atom stereocenters. The van der Waals surface area contributed by atoms with Crippen LogP contribution in [0.2, 0.25) is 5.02 Å². The number of methoxy groups -OCH3 is 1. The van der Waals surface area contributed by atoms with Crippen molar-refractivity contribution in [2.75, 3.05) is 34.3 Å². The number of Topliss-reactive ketones (excluding diaryl/α,β-unsaturated/α-hetero) is 1. The number of hydrogen-bond acceptors (Lipinski definition) is 6. The molecule has 0 aromatic heterocycles. The van der Waals surface area contributed by atoms with Crippen LogP contribution in [-0.2, 0) is 9.59 Å². The zero-order chi connectivity index (χ0) is 24.3. The summed E-state index contributed by atoms with van der Waals surface area (Å²) in [5.41, 5.74) is 1.07. The fourth-order valence-corrected chi connectivity index (χ4v) is 3.92. The van der Waals surface area contributed by atoms with Gasteiger partial charge >= 0.3 is 0 Å². The molecule has 1 aliphatic heterocycles. The lowest BCUT2D eigenvalue weighted by Gasteiger charge is -2.26. The van der Waals surface area contributed by atoms with Crippen LogP contribution in [0.4, 0.5) is 0 Å². The number of likely N-dealkylation sites (N-methyl/N-ethyl adjacent to an activating group) is 1. The minimum absolute atomic E-state index is 0.0152. The molecule has 1 aliphatic rings. The number of rotatable bonds is 8. The van der Waals surface area contributed by atoms with Crippen molar-refractivity contribution in [3.8, 4) is 11.5 Å². The molecule has 8 heteroatoms. The van der Waals surface area contributed by atoms with Crippen molar-refractivity contribution in [1.82, 2.24) is 9.80 Å². The number of ketones is 1. The predicted molar refractivity (Wildman–Crippen MR) is 128 cm³/mol. The molecule has 7 nitrogen and oxygen atoms in total. The van der Waals surface area contributed by atoms with Crippen LogP contribution in [0.15, 0.2) is 48.0 Å². The molecule has 0 bridgehead atoms. The van der Waals surface area contributed by atoms with Crippen LogP contribution in [0.1, 0.15) is 31.0 Å². The van der Waals surface area contributed by atoms with Gasteiger partial charge in [0.2, 0.25) is 0 Å². The highest BCUT2D eigenvalue weighted by atomic mass is 35.5. The number of aliphatic hydroxyl groups excluding tert-OH is 1. The van der Waals surface area contributed by atoms with Gasteiger partial charge in [-0.15, -0.1) is 0 Å². The van der Waals surface area contributed by atoms with Gasteiger partial charge in [0.05, 0.1) is 29.9 Å². The maximum Gasteiger partial charge on any atom is 0.295 e. The number of halogens is 1. The molecule has 3 rings (SSSR count). The molecule has 1 N–H and O–H groups in total. The first kappa shape index (κ1) is 24.6. The molecule has 1 fully saturated rings. The number of likely N-dealkylation sites (tertiary alicyclic amines) is 1. The standard InChI is InChI=1S/C25H29ClN2O5/c1-15(2)33-18-9-6-16(7-10-18)22-21(24(30)25(31)28(22)13-12-27(3)4)23(29)17-8-11-19(26)20(14-17)32-5/h6-11,14-15,22,29H,12-13H2,1-5H3/b23-21-. The minimum Gasteiger partial charge on any atom is -0.507 e. The highest BCUT2D eigenvalue weighted by molar-refractivity contribution is 6.46. The van der Waals surface area contributed by atoms with Crippen molar-refractivity contribution >= 4 is 29.1 Å². The summed E-state index contributed by atoms with van der Waals surface area (Å²) in [6.45, 7) is 4.76. The van der Waals surface area contributed by atoms with E-state index in [1.807, 2.05) is 45.0 Å². The predicted octanol–water partition coefficient (Wildman–Crippen LogP) is 4.12. The Labute approximate surface area is 199 Å². The van der Waals surface area contributed by atoms with Crippen LogP contribution in [0.25, 0.3) is 5.76 Å². The van der Waals surface area contributed by atoms with Crippen LogP contribution in [0.5, 0.6) is 11.5 Å². The van der Waals surface area contributed by atoms with E-state index < -0.39 is 17.7 Å². The van der Waals surface area contributed by atoms with E-state index in [9.17, 15) is 14.7 Å². The summed E-state index contributed by atoms with van der Waals surface area (Å²) in [5, 5.41) is 11.5. The second-order valence-electron chi connectivity index (χ2n) is 8.38. The highest BCUT2D eigenvalue weighted by Crippen LogP contribution is 2.40. The van der Waals surface area contributed by atoms with Crippen molar-refractivity contribution in [2.24, 2.45) is 0 Å². The first-order valence-electron chi connectivity index (χ1n) is 10.7. The summed E-state index contributed by atoms with van der Waals surface area (Å²) in [6, 6.07) is 11.2. The monoisotopic (exact) mass is 472 g/mol. The molecule has 176 valence electrons. The molecular formula is C25H29ClN2O5. The van der Waals surface area contributed by atoms with E-state index in [0.717, 1.165) is 0 Å². The van der Waals surface area contributed by atoms with Gasteiger partial charge in [-0.25, -0.2) is 0 Å². The van der Waals surface area contributed by atoms with Crippen molar-refractivity contribution in [3.63, 3.8) is 0 Å². The van der Waals surface area contributed by atoms with Crippen LogP contribution in [-0.4, -0.2) is 67.0 Å². The van der Waals surface area contributed by atoms with Crippen LogP contribution in [0, 0.1) is 0 Å². The number of hydrogen-bond donors (Lipinski definition) is 1. The Morgan fingerprint density at radius 3 is 2.39 bits per heavy atom. The molecule has 0 aliphatic carbocycles. The van der Waals surface area contributed by atoms with E-state index in [1.54, 1.807) is 30.3 Å². The lowest BCUT2D eigenvalue weighted by atomic mass is 9.95. The van der Waals surface area contributed by atoms with Crippen molar-refractivity contribution in [1.29, 1.82) is 0 Å². The summed E-state index contributed by atoms with van der Waals surface area (Å²) in [6.07, 6.45) is 0.0152. The third-order valence-corrected chi connectivity index (χ3v) is 5.63. The number of ether oxygens (including phenoxy) is 2. The lowest BCUT2D eigenvalue weighted by Crippen LogP contribution is -2.35. The molecule has 1 heterocycles. The minimum atomic E-state index is -0.736. The number of carbonyl (C=O) groups is 2. The normalized spacial score (nSPS) is 17.8. The van der Waals surface area contributed by atoms with Crippen LogP contribution >= 0.6 is 11.6 Å². The lowest BCUT2D eigenvalue weighted by molar-refractivity contribution is -0.140. The third kappa shape index (κ3) is 5.31. The first-order valence-corrected chi connectivity index (χ1v) is 11.1. The van der Waals surface area contributed by atoms with E-state index in [4.69, 9.17) is 21.1 Å². The smallest absolute Gasteiger partial charge is 0.295 e. The molecular weight excluding hydrogens is 444 g/mol. The largest absolute Gasteiger partial charge is 0.507 e. The Kier molecular flexibility index (Phi) is 7.66. The molecule has 1 unspecified atom stereocenters. The molecule has 0 saturated carbocycles. The quantitative estimate of drug-likeness (QED) is 0.353. The van der Waals surface area contributed by atoms with Gasteiger partial charge in [-0.05, 0) is 63.8 Å². The highest BCUT2D eigenvalue weighted by Gasteiger charge is 2.45. The van der Waals surface area contributed by atoms with E-state index in [0.29, 0.717) is 40.7 Å². The summed E-state index contributed by atoms with van der Waals surface area (Å²) in [5.74, 6) is -0.613. The topological polar surface area (TPSA) is 79.3 Å². The summed E-state index contributed by atoms with van der Waals surface area (Å²) < 4.78 is 11.0. The van der Waals surface area contributed by atoms with Gasteiger partial charge in [0.15, 0.2) is 0 Å². The molecule has 0 radical (unpaired) electrons. The van der Waals surface area contributed by atoms with E-state index in [-0.39, 0.29) is 17.4 Å². The van der Waals surface area contributed by atoms with E-state index >= 15 is 0 Å². The molecule has 1 saturated heterocycles. The molecule has 1 amide bonds. The van der Waals surface area contributed by atoms with Gasteiger partial charge < -0.3 is 24.4 Å². The SMILES string of the molecule is COc1cc(/C(O)=C2/C(=O)C(=O)N(CCN(C)C)C2c2ccc(OC(C)C)cc2)ccc1Cl. The average Bonchev–Trinajstić information content (AvgIpc) is 3.02. The summed E-state index contributed by atoms with van der Waals surface area (Å²) >= 11 is 6.11. The summed E-state index contributed by atoms with van der Waals surface area (Å²) in [7, 11) is 5.25.